The first kappa shape index (κ1) is 25.0. The van der Waals surface area contributed by atoms with Crippen LogP contribution in [0.5, 0.6) is 5.75 Å². The zero-order chi connectivity index (χ0) is 25.7. The van der Waals surface area contributed by atoms with Crippen LogP contribution >= 0.6 is 34.7 Å². The number of nitrogens with one attached hydrogen (secondary N) is 2. The van der Waals surface area contributed by atoms with E-state index in [-0.39, 0.29) is 21.9 Å². The number of aromatic hydroxyl groups is 1. The monoisotopic (exact) mass is 537 g/mol. The van der Waals surface area contributed by atoms with E-state index in [9.17, 15) is 34.2 Å². The molecule has 0 aliphatic carbocycles. The number of aliphatic carboxylic acids is 1. The van der Waals surface area contributed by atoms with Gasteiger partial charge in [-0.05, 0) is 43.0 Å². The number of hydrogen-bond acceptors (Lipinski definition) is 8. The Morgan fingerprint density at radius 3 is 2.54 bits per heavy atom. The summed E-state index contributed by atoms with van der Waals surface area (Å²) in [4.78, 5) is 63.9. The molecular weight excluding hydrogens is 518 g/mol. The zero-order valence-corrected chi connectivity index (χ0v) is 20.7. The smallest absolute Gasteiger partial charge is 0.327 e. The number of rotatable bonds is 6. The van der Waals surface area contributed by atoms with Crippen molar-refractivity contribution in [2.24, 2.45) is 0 Å². The van der Waals surface area contributed by atoms with Gasteiger partial charge >= 0.3 is 5.97 Å². The molecule has 184 valence electrons. The lowest BCUT2D eigenvalue weighted by atomic mass is 9.95. The molecule has 2 aliphatic heterocycles. The largest absolute Gasteiger partial charge is 0.506 e. The van der Waals surface area contributed by atoms with Gasteiger partial charge in [-0.15, -0.1) is 11.8 Å². The van der Waals surface area contributed by atoms with Crippen LogP contribution in [0, 0.1) is 0 Å². The Labute approximate surface area is 212 Å². The van der Waals surface area contributed by atoms with Crippen LogP contribution in [0.3, 0.4) is 0 Å². The minimum absolute atomic E-state index is 0.0655. The third kappa shape index (κ3) is 4.48. The van der Waals surface area contributed by atoms with E-state index in [0.29, 0.717) is 0 Å². The van der Waals surface area contributed by atoms with Crippen molar-refractivity contribution in [3.8, 4) is 5.75 Å². The lowest BCUT2D eigenvalue weighted by Crippen LogP contribution is -2.71. The van der Waals surface area contributed by atoms with Crippen molar-refractivity contribution in [2.45, 2.75) is 42.1 Å². The molecule has 2 fully saturated rings. The van der Waals surface area contributed by atoms with Crippen LogP contribution in [0.2, 0.25) is 5.02 Å². The normalized spacial score (nSPS) is 23.1. The molecule has 0 saturated carbocycles. The molecule has 3 amide bonds. The predicted octanol–water partition coefficient (Wildman–Crippen LogP) is 1.57. The molecule has 13 heteroatoms. The van der Waals surface area contributed by atoms with Crippen LogP contribution in [-0.2, 0) is 14.4 Å². The van der Waals surface area contributed by atoms with Crippen molar-refractivity contribution in [3.63, 3.8) is 0 Å². The molecule has 3 heterocycles. The van der Waals surface area contributed by atoms with Gasteiger partial charge in [0.05, 0.1) is 10.6 Å². The Bertz CT molecular complexity index is 1300. The summed E-state index contributed by atoms with van der Waals surface area (Å²) in [7, 11) is 0. The molecule has 1 aromatic heterocycles. The molecule has 4 atom stereocenters. The Morgan fingerprint density at radius 2 is 1.91 bits per heavy atom. The molecule has 4 rings (SSSR count). The van der Waals surface area contributed by atoms with Crippen molar-refractivity contribution >= 4 is 58.4 Å². The van der Waals surface area contributed by atoms with Crippen molar-refractivity contribution in [3.05, 3.63) is 61.4 Å². The van der Waals surface area contributed by atoms with Gasteiger partial charge in [0.2, 0.25) is 11.8 Å². The van der Waals surface area contributed by atoms with E-state index in [1.165, 1.54) is 51.7 Å². The first-order valence-electron chi connectivity index (χ1n) is 10.3. The molecule has 2 aromatic rings. The van der Waals surface area contributed by atoms with Gasteiger partial charge in [-0.25, -0.2) is 4.79 Å². The number of halogens is 1. The fraction of sp³-hybridized carbons (Fsp3) is 0.318. The molecule has 4 N–H and O–H groups in total. The van der Waals surface area contributed by atoms with E-state index >= 15 is 0 Å². The summed E-state index contributed by atoms with van der Waals surface area (Å²) in [5.74, 6) is -3.48. The Hall–Kier alpha value is -3.09. The molecule has 1 aromatic carbocycles. The van der Waals surface area contributed by atoms with Gasteiger partial charge in [0.25, 0.3) is 5.91 Å². The number of carboxylic acid groups (broad SMARTS) is 1. The number of hydrogen-bond donors (Lipinski definition) is 4. The minimum atomic E-state index is -1.36. The highest BCUT2D eigenvalue weighted by molar-refractivity contribution is 8.01. The summed E-state index contributed by atoms with van der Waals surface area (Å²) in [5, 5.41) is 26.6. The van der Waals surface area contributed by atoms with E-state index in [4.69, 9.17) is 11.6 Å². The Morgan fingerprint density at radius 1 is 1.20 bits per heavy atom. The SMILES string of the molecule is CC1(C)S[C@@H]2[C@H](NC(=O)C(NC(=O)c3csccc3=O)c3ccc(O)c(Cl)c3)C(=O)N2[C@H]1C(=O)O. The molecule has 1 unspecified atom stereocenters. The van der Waals surface area contributed by atoms with E-state index in [2.05, 4.69) is 10.6 Å². The lowest BCUT2D eigenvalue weighted by molar-refractivity contribution is -0.161. The van der Waals surface area contributed by atoms with Gasteiger partial charge in [-0.1, -0.05) is 17.7 Å². The number of benzene rings is 1. The van der Waals surface area contributed by atoms with Crippen LogP contribution in [0.4, 0.5) is 0 Å². The highest BCUT2D eigenvalue weighted by Gasteiger charge is 2.64. The molecule has 0 radical (unpaired) electrons. The number of carbonyl (C=O) groups excluding carboxylic acids is 3. The molecule has 0 bridgehead atoms. The van der Waals surface area contributed by atoms with Gasteiger partial charge in [0.1, 0.15) is 29.2 Å². The third-order valence-corrected chi connectivity index (χ3v) is 8.35. The number of carboxylic acids is 1. The van der Waals surface area contributed by atoms with Crippen LogP contribution in [0.15, 0.2) is 39.8 Å². The molecule has 10 nitrogen and oxygen atoms in total. The Kier molecular flexibility index (Phi) is 6.56. The predicted molar refractivity (Wildman–Crippen MR) is 130 cm³/mol. The molecule has 35 heavy (non-hydrogen) atoms. The molecule has 0 spiro atoms. The summed E-state index contributed by atoms with van der Waals surface area (Å²) in [5.41, 5.74) is -0.487. The maximum Gasteiger partial charge on any atom is 0.327 e. The number of fused-ring (bicyclic) bond motifs is 1. The summed E-state index contributed by atoms with van der Waals surface area (Å²) in [6, 6.07) is 1.73. The summed E-state index contributed by atoms with van der Waals surface area (Å²) >= 11 is 8.38. The topological polar surface area (TPSA) is 153 Å². The van der Waals surface area contributed by atoms with E-state index < -0.39 is 57.4 Å². The van der Waals surface area contributed by atoms with Crippen molar-refractivity contribution in [1.29, 1.82) is 0 Å². The number of β-lactam (4-membered cyclic amide) rings is 1. The quantitative estimate of drug-likeness (QED) is 0.405. The lowest BCUT2D eigenvalue weighted by Gasteiger charge is -2.44. The van der Waals surface area contributed by atoms with E-state index in [1.807, 2.05) is 0 Å². The van der Waals surface area contributed by atoms with Crippen LogP contribution in [0.1, 0.15) is 35.8 Å². The van der Waals surface area contributed by atoms with Gasteiger partial charge in [0.15, 0.2) is 5.43 Å². The summed E-state index contributed by atoms with van der Waals surface area (Å²) in [6.07, 6.45) is 0. The molecular formula is C22H20ClN3O7S2. The summed E-state index contributed by atoms with van der Waals surface area (Å²) in [6.45, 7) is 3.42. The number of phenols is 1. The van der Waals surface area contributed by atoms with Gasteiger partial charge in [0, 0.05) is 10.1 Å². The number of nitrogens with zero attached hydrogens (tertiary/aromatic N) is 1. The van der Waals surface area contributed by atoms with Crippen LogP contribution < -0.4 is 16.1 Å². The molecule has 2 saturated heterocycles. The van der Waals surface area contributed by atoms with E-state index in [1.54, 1.807) is 13.8 Å². The Balaban J connectivity index is 1.60. The van der Waals surface area contributed by atoms with Gasteiger partial charge < -0.3 is 25.7 Å². The second-order valence-corrected chi connectivity index (χ2v) is 11.5. The fourth-order valence-electron chi connectivity index (χ4n) is 4.12. The number of amides is 3. The first-order valence-corrected chi connectivity index (χ1v) is 12.5. The number of thioether (sulfide) groups is 1. The van der Waals surface area contributed by atoms with Crippen molar-refractivity contribution in [1.82, 2.24) is 15.5 Å². The first-order chi connectivity index (χ1) is 16.4. The fourth-order valence-corrected chi connectivity index (χ4v) is 6.57. The van der Waals surface area contributed by atoms with Crippen LogP contribution in [0.25, 0.3) is 0 Å². The van der Waals surface area contributed by atoms with Gasteiger partial charge in [-0.2, -0.15) is 11.3 Å². The standard InChI is InChI=1S/C22H20ClN3O7S2/c1-22(2)16(21(32)33)26-19(31)15(20(26)35-22)25-18(30)14(9-3-4-13(28)11(23)7-9)24-17(29)10-8-34-6-5-12(10)27/h3-8,14-16,20,28H,1-2H3,(H,24,29)(H,25,30)(H,32,33)/t14?,15-,16+,20-/m1/s1. The van der Waals surface area contributed by atoms with Crippen molar-refractivity contribution < 1.29 is 29.4 Å². The maximum atomic E-state index is 13.3. The maximum absolute atomic E-state index is 13.3. The third-order valence-electron chi connectivity index (χ3n) is 5.81. The second-order valence-electron chi connectivity index (χ2n) is 8.54. The van der Waals surface area contributed by atoms with E-state index in [0.717, 1.165) is 11.3 Å². The average Bonchev–Trinajstić information content (AvgIpc) is 3.05. The highest BCUT2D eigenvalue weighted by Crippen LogP contribution is 2.50. The van der Waals surface area contributed by atoms with Crippen LogP contribution in [-0.4, -0.2) is 61.0 Å². The van der Waals surface area contributed by atoms with Crippen molar-refractivity contribution in [2.75, 3.05) is 0 Å². The van der Waals surface area contributed by atoms with Gasteiger partial charge in [-0.3, -0.25) is 19.2 Å². The summed E-state index contributed by atoms with van der Waals surface area (Å²) < 4.78 is -0.775. The highest BCUT2D eigenvalue weighted by atomic mass is 35.5. The average molecular weight is 538 g/mol. The molecule has 2 aliphatic rings. The minimum Gasteiger partial charge on any atom is -0.506 e. The number of carbonyl (C=O) groups is 4. The number of phenolic OH excluding ortho intramolecular Hbond substituents is 1. The second kappa shape index (κ2) is 9.17. The zero-order valence-electron chi connectivity index (χ0n) is 18.4.